The van der Waals surface area contributed by atoms with E-state index < -0.39 is 0 Å². The van der Waals surface area contributed by atoms with Gasteiger partial charge in [0.05, 0.1) is 5.69 Å². The SMILES string of the molecule is c1ccc(-c2cccc(-c3ccc(N(c4cccc(-c5ccccc5)c4)c4ccccc4-c4cc5ccccc5o4)cc3)c2)cc1. The predicted molar refractivity (Wildman–Crippen MR) is 193 cm³/mol. The van der Waals surface area contributed by atoms with Crippen LogP contribution in [-0.2, 0) is 0 Å². The summed E-state index contributed by atoms with van der Waals surface area (Å²) in [5.74, 6) is 0.843. The van der Waals surface area contributed by atoms with Gasteiger partial charge < -0.3 is 9.32 Å². The van der Waals surface area contributed by atoms with Crippen LogP contribution in [0.1, 0.15) is 0 Å². The molecule has 0 bridgehead atoms. The van der Waals surface area contributed by atoms with Gasteiger partial charge in [-0.2, -0.15) is 0 Å². The number of hydrogen-bond donors (Lipinski definition) is 0. The fourth-order valence-corrected chi connectivity index (χ4v) is 6.19. The minimum Gasteiger partial charge on any atom is -0.456 e. The second-order valence-corrected chi connectivity index (χ2v) is 11.4. The second-order valence-electron chi connectivity index (χ2n) is 11.4. The lowest BCUT2D eigenvalue weighted by atomic mass is 9.98. The highest BCUT2D eigenvalue weighted by molar-refractivity contribution is 5.91. The Morgan fingerprint density at radius 1 is 0.348 bits per heavy atom. The average Bonchev–Trinajstić information content (AvgIpc) is 3.58. The summed E-state index contributed by atoms with van der Waals surface area (Å²) < 4.78 is 6.41. The molecule has 0 saturated carbocycles. The van der Waals surface area contributed by atoms with Crippen molar-refractivity contribution >= 4 is 28.0 Å². The van der Waals surface area contributed by atoms with Gasteiger partial charge in [0.1, 0.15) is 11.3 Å². The van der Waals surface area contributed by atoms with Gasteiger partial charge in [-0.05, 0) is 88.0 Å². The van der Waals surface area contributed by atoms with Crippen LogP contribution in [0.3, 0.4) is 0 Å². The maximum absolute atomic E-state index is 6.41. The van der Waals surface area contributed by atoms with Gasteiger partial charge >= 0.3 is 0 Å². The van der Waals surface area contributed by atoms with Gasteiger partial charge in [0.25, 0.3) is 0 Å². The lowest BCUT2D eigenvalue weighted by Crippen LogP contribution is -2.11. The lowest BCUT2D eigenvalue weighted by Gasteiger charge is -2.28. The molecular weight excluding hydrogens is 558 g/mol. The smallest absolute Gasteiger partial charge is 0.137 e. The molecule has 0 atom stereocenters. The number of furan rings is 1. The van der Waals surface area contributed by atoms with E-state index in [9.17, 15) is 0 Å². The third kappa shape index (κ3) is 5.38. The normalized spacial score (nSPS) is 11.0. The zero-order valence-corrected chi connectivity index (χ0v) is 25.3. The van der Waals surface area contributed by atoms with Gasteiger partial charge in [-0.15, -0.1) is 0 Å². The molecule has 0 spiro atoms. The van der Waals surface area contributed by atoms with E-state index in [4.69, 9.17) is 4.42 Å². The molecule has 0 aliphatic rings. The number of para-hydroxylation sites is 2. The largest absolute Gasteiger partial charge is 0.456 e. The van der Waals surface area contributed by atoms with Crippen molar-refractivity contribution in [2.75, 3.05) is 4.90 Å². The van der Waals surface area contributed by atoms with Crippen molar-refractivity contribution in [2.45, 2.75) is 0 Å². The number of benzene rings is 7. The summed E-state index contributed by atoms with van der Waals surface area (Å²) in [5.41, 5.74) is 12.2. The van der Waals surface area contributed by atoms with Crippen molar-refractivity contribution in [3.8, 4) is 44.7 Å². The molecule has 8 aromatic rings. The summed E-state index contributed by atoms with van der Waals surface area (Å²) in [5, 5.41) is 1.09. The fourth-order valence-electron chi connectivity index (χ4n) is 6.19. The second kappa shape index (κ2) is 12.1. The number of nitrogens with zero attached hydrogens (tertiary/aromatic N) is 1. The van der Waals surface area contributed by atoms with E-state index in [2.05, 4.69) is 175 Å². The molecule has 7 aromatic carbocycles. The van der Waals surface area contributed by atoms with Gasteiger partial charge in [-0.1, -0.05) is 133 Å². The maximum atomic E-state index is 6.41. The van der Waals surface area contributed by atoms with Crippen molar-refractivity contribution in [1.29, 1.82) is 0 Å². The lowest BCUT2D eigenvalue weighted by molar-refractivity contribution is 0.631. The quantitative estimate of drug-likeness (QED) is 0.184. The first-order valence-electron chi connectivity index (χ1n) is 15.6. The maximum Gasteiger partial charge on any atom is 0.137 e. The van der Waals surface area contributed by atoms with Crippen molar-refractivity contribution < 1.29 is 4.42 Å². The van der Waals surface area contributed by atoms with E-state index in [0.717, 1.165) is 39.4 Å². The van der Waals surface area contributed by atoms with E-state index in [1.54, 1.807) is 0 Å². The number of hydrogen-bond acceptors (Lipinski definition) is 2. The monoisotopic (exact) mass is 589 g/mol. The third-order valence-corrected chi connectivity index (χ3v) is 8.48. The number of anilines is 3. The van der Waals surface area contributed by atoms with Crippen LogP contribution < -0.4 is 4.90 Å². The van der Waals surface area contributed by atoms with Gasteiger partial charge in [-0.25, -0.2) is 0 Å². The summed E-state index contributed by atoms with van der Waals surface area (Å²) >= 11 is 0. The first-order chi connectivity index (χ1) is 22.8. The van der Waals surface area contributed by atoms with Crippen molar-refractivity contribution in [1.82, 2.24) is 0 Å². The first kappa shape index (κ1) is 27.4. The third-order valence-electron chi connectivity index (χ3n) is 8.48. The van der Waals surface area contributed by atoms with Crippen LogP contribution in [0.25, 0.3) is 55.7 Å². The Kier molecular flexibility index (Phi) is 7.22. The molecule has 0 unspecified atom stereocenters. The highest BCUT2D eigenvalue weighted by Gasteiger charge is 2.20. The van der Waals surface area contributed by atoms with Gasteiger partial charge in [0.2, 0.25) is 0 Å². The number of rotatable bonds is 7. The highest BCUT2D eigenvalue weighted by Crippen LogP contribution is 2.43. The molecule has 218 valence electrons. The summed E-state index contributed by atoms with van der Waals surface area (Å²) in [6.45, 7) is 0. The van der Waals surface area contributed by atoms with Gasteiger partial charge in [0.15, 0.2) is 0 Å². The van der Waals surface area contributed by atoms with Crippen molar-refractivity contribution in [3.05, 3.63) is 188 Å². The van der Waals surface area contributed by atoms with Crippen molar-refractivity contribution in [3.63, 3.8) is 0 Å². The van der Waals surface area contributed by atoms with Gasteiger partial charge in [-0.3, -0.25) is 0 Å². The molecule has 0 saturated heterocycles. The Morgan fingerprint density at radius 2 is 0.891 bits per heavy atom. The molecule has 1 aromatic heterocycles. The molecule has 8 rings (SSSR count). The topological polar surface area (TPSA) is 16.4 Å². The van der Waals surface area contributed by atoms with Crippen LogP contribution in [-0.4, -0.2) is 0 Å². The summed E-state index contributed by atoms with van der Waals surface area (Å²) in [6, 6.07) is 66.3. The molecule has 1 heterocycles. The van der Waals surface area contributed by atoms with Crippen LogP contribution in [0.2, 0.25) is 0 Å². The van der Waals surface area contributed by atoms with Crippen molar-refractivity contribution in [2.24, 2.45) is 0 Å². The minimum atomic E-state index is 0.843. The van der Waals surface area contributed by atoms with Gasteiger partial charge in [0, 0.05) is 22.3 Å². The number of fused-ring (bicyclic) bond motifs is 1. The zero-order valence-electron chi connectivity index (χ0n) is 25.3. The predicted octanol–water partition coefficient (Wildman–Crippen LogP) is 12.6. The summed E-state index contributed by atoms with van der Waals surface area (Å²) in [4.78, 5) is 2.33. The molecule has 46 heavy (non-hydrogen) atoms. The van der Waals surface area contributed by atoms with Crippen LogP contribution in [0.15, 0.2) is 192 Å². The molecule has 0 N–H and O–H groups in total. The average molecular weight is 590 g/mol. The molecule has 2 heteroatoms. The van der Waals surface area contributed by atoms with E-state index in [1.165, 1.54) is 33.4 Å². The molecule has 0 fully saturated rings. The summed E-state index contributed by atoms with van der Waals surface area (Å²) in [6.07, 6.45) is 0. The minimum absolute atomic E-state index is 0.843. The van der Waals surface area contributed by atoms with E-state index in [0.29, 0.717) is 0 Å². The Bertz CT molecular complexity index is 2220. The fraction of sp³-hybridized carbons (Fsp3) is 0. The summed E-state index contributed by atoms with van der Waals surface area (Å²) in [7, 11) is 0. The van der Waals surface area contributed by atoms with E-state index in [1.807, 2.05) is 18.2 Å². The molecular formula is C44H31NO. The Balaban J connectivity index is 1.25. The molecule has 0 amide bonds. The molecule has 0 radical (unpaired) electrons. The van der Waals surface area contributed by atoms with E-state index >= 15 is 0 Å². The van der Waals surface area contributed by atoms with Crippen LogP contribution in [0.5, 0.6) is 0 Å². The highest BCUT2D eigenvalue weighted by atomic mass is 16.3. The molecule has 0 aliphatic carbocycles. The Hall–Kier alpha value is -6.12. The van der Waals surface area contributed by atoms with Crippen LogP contribution in [0.4, 0.5) is 17.1 Å². The standard InChI is InChI=1S/C44H31NO/c1-3-13-32(14-4-1)35-18-11-19-36(29-35)34-25-27-39(28-26-34)45(40-21-12-20-37(30-40)33-15-5-2-6-16-33)42-23-9-8-22-41(42)44-31-38-17-7-10-24-43(38)46-44/h1-31H. The first-order valence-corrected chi connectivity index (χ1v) is 15.6. The van der Waals surface area contributed by atoms with Crippen LogP contribution in [0, 0.1) is 0 Å². The molecule has 2 nitrogen and oxygen atoms in total. The molecule has 0 aliphatic heterocycles. The Labute approximate surface area is 269 Å². The van der Waals surface area contributed by atoms with E-state index in [-0.39, 0.29) is 0 Å². The zero-order chi connectivity index (χ0) is 30.7. The Morgan fingerprint density at radius 3 is 1.59 bits per heavy atom. The van der Waals surface area contributed by atoms with Crippen LogP contribution >= 0.6 is 0 Å².